The third-order valence-electron chi connectivity index (χ3n) is 7.67. The van der Waals surface area contributed by atoms with Gasteiger partial charge in [0.15, 0.2) is 0 Å². The molecule has 3 fully saturated rings. The summed E-state index contributed by atoms with van der Waals surface area (Å²) in [6.45, 7) is 1.08. The Morgan fingerprint density at radius 3 is 2.67 bits per heavy atom. The maximum atomic E-state index is 14.7. The van der Waals surface area contributed by atoms with E-state index in [-0.39, 0.29) is 23.4 Å². The van der Waals surface area contributed by atoms with Gasteiger partial charge in [0.1, 0.15) is 17.3 Å². The van der Waals surface area contributed by atoms with Crippen LogP contribution in [0.1, 0.15) is 53.2 Å². The van der Waals surface area contributed by atoms with Gasteiger partial charge in [-0.2, -0.15) is 5.10 Å². The van der Waals surface area contributed by atoms with Crippen LogP contribution in [0.4, 0.5) is 14.5 Å². The second-order valence-corrected chi connectivity index (χ2v) is 10.3. The molecule has 6 nitrogen and oxygen atoms in total. The number of benzene rings is 2. The van der Waals surface area contributed by atoms with E-state index in [1.807, 2.05) is 6.20 Å². The van der Waals surface area contributed by atoms with Gasteiger partial charge in [-0.15, -0.1) is 0 Å². The number of esters is 1. The van der Waals surface area contributed by atoms with Crippen LogP contribution in [-0.4, -0.2) is 41.6 Å². The SMILES string of the molecule is COC(=O)c1ccc(N2C[C@@H]3C[C@H]2C[C@H]3OCc2c(C3CC3)cnn2-c2c(F)cccc2Cl)cc1F. The predicted molar refractivity (Wildman–Crippen MR) is 131 cm³/mol. The van der Waals surface area contributed by atoms with Crippen molar-refractivity contribution in [1.82, 2.24) is 9.78 Å². The molecule has 0 amide bonds. The van der Waals surface area contributed by atoms with Gasteiger partial charge in [-0.25, -0.2) is 18.3 Å². The van der Waals surface area contributed by atoms with Crippen molar-refractivity contribution in [3.8, 4) is 5.69 Å². The standard InChI is InChI=1S/C27H26ClF2N3O3/c1-35-27(34)19-8-7-17(10-23(19)30)32-13-16-9-18(32)11-25(16)36-14-24-20(15-5-6-15)12-31-33(24)26-21(28)3-2-4-22(26)29/h2-4,7-8,10,12,15-16,18,25H,5-6,9,11,13-14H2,1H3/t16-,18-,25+/m0/s1. The number of rotatable bonds is 7. The fourth-order valence-corrected chi connectivity index (χ4v) is 5.96. The number of piperidine rings is 1. The highest BCUT2D eigenvalue weighted by atomic mass is 35.5. The molecular formula is C27H26ClF2N3O3. The average Bonchev–Trinajstić information content (AvgIpc) is 3.32. The molecular weight excluding hydrogens is 488 g/mol. The molecule has 2 heterocycles. The van der Waals surface area contributed by atoms with E-state index in [1.54, 1.807) is 22.9 Å². The van der Waals surface area contributed by atoms with Gasteiger partial charge in [-0.05, 0) is 67.5 Å². The molecule has 0 radical (unpaired) electrons. The van der Waals surface area contributed by atoms with Crippen LogP contribution in [0.2, 0.25) is 5.02 Å². The van der Waals surface area contributed by atoms with E-state index in [1.165, 1.54) is 25.3 Å². The van der Waals surface area contributed by atoms with E-state index in [4.69, 9.17) is 16.3 Å². The average molecular weight is 514 g/mol. The Morgan fingerprint density at radius 1 is 1.17 bits per heavy atom. The highest BCUT2D eigenvalue weighted by molar-refractivity contribution is 6.32. The maximum Gasteiger partial charge on any atom is 0.340 e. The van der Waals surface area contributed by atoms with Crippen molar-refractivity contribution in [3.63, 3.8) is 0 Å². The monoisotopic (exact) mass is 513 g/mol. The first-order valence-electron chi connectivity index (χ1n) is 12.2. The molecule has 3 aromatic rings. The van der Waals surface area contributed by atoms with E-state index >= 15 is 0 Å². The number of para-hydroxylation sites is 1. The summed E-state index contributed by atoms with van der Waals surface area (Å²) in [6, 6.07) is 9.51. The van der Waals surface area contributed by atoms with Crippen molar-refractivity contribution in [2.75, 3.05) is 18.6 Å². The lowest BCUT2D eigenvalue weighted by atomic mass is 10.0. The first-order valence-corrected chi connectivity index (χ1v) is 12.6. The van der Waals surface area contributed by atoms with Crippen LogP contribution < -0.4 is 4.90 Å². The Balaban J connectivity index is 1.17. The summed E-state index contributed by atoms with van der Waals surface area (Å²) in [5.74, 6) is -0.952. The van der Waals surface area contributed by atoms with Crippen molar-refractivity contribution in [2.24, 2.45) is 5.92 Å². The van der Waals surface area contributed by atoms with Crippen molar-refractivity contribution in [2.45, 2.75) is 50.4 Å². The number of carbonyl (C=O) groups is 1. The number of nitrogens with zero attached hydrogens (tertiary/aromatic N) is 3. The molecule has 0 N–H and O–H groups in total. The summed E-state index contributed by atoms with van der Waals surface area (Å²) in [6.07, 6.45) is 5.83. The minimum absolute atomic E-state index is 0.0527. The molecule has 6 rings (SSSR count). The maximum absolute atomic E-state index is 14.7. The Morgan fingerprint density at radius 2 is 2.00 bits per heavy atom. The van der Waals surface area contributed by atoms with E-state index in [0.717, 1.165) is 49.2 Å². The predicted octanol–water partition coefficient (Wildman–Crippen LogP) is 5.65. The number of carbonyl (C=O) groups excluding carboxylic acids is 1. The number of fused-ring (bicyclic) bond motifs is 2. The highest BCUT2D eigenvalue weighted by Crippen LogP contribution is 2.45. The number of hydrogen-bond acceptors (Lipinski definition) is 5. The second kappa shape index (κ2) is 9.16. The third-order valence-corrected chi connectivity index (χ3v) is 7.97. The molecule has 2 aromatic carbocycles. The minimum atomic E-state index is -0.683. The second-order valence-electron chi connectivity index (χ2n) is 9.85. The number of methoxy groups -OCH3 is 1. The van der Waals surface area contributed by atoms with Crippen molar-refractivity contribution in [3.05, 3.63) is 76.1 Å². The van der Waals surface area contributed by atoms with Crippen molar-refractivity contribution in [1.29, 1.82) is 0 Å². The molecule has 3 aliphatic rings. The van der Waals surface area contributed by atoms with E-state index in [9.17, 15) is 13.6 Å². The molecule has 1 saturated heterocycles. The van der Waals surface area contributed by atoms with Crippen LogP contribution in [0.15, 0.2) is 42.6 Å². The Hall–Kier alpha value is -2.97. The molecule has 9 heteroatoms. The molecule has 3 atom stereocenters. The number of halogens is 3. The van der Waals surface area contributed by atoms with Crippen LogP contribution in [0.25, 0.3) is 5.69 Å². The van der Waals surface area contributed by atoms with E-state index in [2.05, 4.69) is 14.7 Å². The van der Waals surface area contributed by atoms with Gasteiger partial charge < -0.3 is 14.4 Å². The fourth-order valence-electron chi connectivity index (χ4n) is 5.72. The summed E-state index contributed by atoms with van der Waals surface area (Å²) in [5, 5.41) is 4.79. The Labute approximate surface area is 212 Å². The molecule has 1 aliphatic heterocycles. The molecule has 1 aromatic heterocycles. The van der Waals surface area contributed by atoms with Crippen LogP contribution in [-0.2, 0) is 16.1 Å². The van der Waals surface area contributed by atoms with Crippen molar-refractivity contribution >= 4 is 23.3 Å². The van der Waals surface area contributed by atoms with Crippen molar-refractivity contribution < 1.29 is 23.0 Å². The Kier molecular flexibility index (Phi) is 5.96. The lowest BCUT2D eigenvalue weighted by Gasteiger charge is -2.33. The van der Waals surface area contributed by atoms with Gasteiger partial charge in [-0.1, -0.05) is 17.7 Å². The Bertz CT molecular complexity index is 1310. The third kappa shape index (κ3) is 4.06. The summed E-state index contributed by atoms with van der Waals surface area (Å²) in [5.41, 5.74) is 2.89. The molecule has 0 spiro atoms. The van der Waals surface area contributed by atoms with Gasteiger partial charge in [0.2, 0.25) is 0 Å². The number of anilines is 1. The van der Waals surface area contributed by atoms with Crippen LogP contribution in [0, 0.1) is 17.6 Å². The normalized spacial score (nSPS) is 22.9. The molecule has 2 aliphatic carbocycles. The zero-order chi connectivity index (χ0) is 25.0. The van der Waals surface area contributed by atoms with Gasteiger partial charge in [0, 0.05) is 24.2 Å². The number of hydrogen-bond donors (Lipinski definition) is 0. The van der Waals surface area contributed by atoms with Gasteiger partial charge >= 0.3 is 5.97 Å². The summed E-state index contributed by atoms with van der Waals surface area (Å²) in [4.78, 5) is 13.9. The lowest BCUT2D eigenvalue weighted by molar-refractivity contribution is 0.00989. The molecule has 0 unspecified atom stereocenters. The van der Waals surface area contributed by atoms with Gasteiger partial charge in [0.05, 0.1) is 42.3 Å². The fraction of sp³-hybridized carbons (Fsp3) is 0.407. The molecule has 2 bridgehead atoms. The first kappa shape index (κ1) is 23.4. The lowest BCUT2D eigenvalue weighted by Crippen LogP contribution is -2.38. The number of aromatic nitrogens is 2. The molecule has 188 valence electrons. The van der Waals surface area contributed by atoms with E-state index in [0.29, 0.717) is 23.5 Å². The number of ether oxygens (including phenoxy) is 2. The summed E-state index contributed by atoms with van der Waals surface area (Å²) < 4.78 is 41.8. The van der Waals surface area contributed by atoms with Crippen LogP contribution in [0.3, 0.4) is 0 Å². The largest absolute Gasteiger partial charge is 0.465 e. The zero-order valence-electron chi connectivity index (χ0n) is 19.8. The molecule has 2 saturated carbocycles. The summed E-state index contributed by atoms with van der Waals surface area (Å²) >= 11 is 6.34. The highest BCUT2D eigenvalue weighted by Gasteiger charge is 2.45. The quantitative estimate of drug-likeness (QED) is 0.382. The van der Waals surface area contributed by atoms with Crippen LogP contribution in [0.5, 0.6) is 0 Å². The van der Waals surface area contributed by atoms with E-state index < -0.39 is 17.6 Å². The smallest absolute Gasteiger partial charge is 0.340 e. The van der Waals surface area contributed by atoms with Gasteiger partial charge in [0.25, 0.3) is 0 Å². The minimum Gasteiger partial charge on any atom is -0.465 e. The topological polar surface area (TPSA) is 56.6 Å². The summed E-state index contributed by atoms with van der Waals surface area (Å²) in [7, 11) is 1.24. The first-order chi connectivity index (χ1) is 17.4. The van der Waals surface area contributed by atoms with Crippen LogP contribution >= 0.6 is 11.6 Å². The van der Waals surface area contributed by atoms with Gasteiger partial charge in [-0.3, -0.25) is 0 Å². The molecule has 36 heavy (non-hydrogen) atoms. The zero-order valence-corrected chi connectivity index (χ0v) is 20.5.